The van der Waals surface area contributed by atoms with Crippen molar-refractivity contribution in [2.24, 2.45) is 0 Å². The van der Waals surface area contributed by atoms with E-state index in [9.17, 15) is 0 Å². The second-order valence-electron chi connectivity index (χ2n) is 0.283. The van der Waals surface area contributed by atoms with E-state index in [1.54, 1.807) is 0 Å². The molecule has 0 aromatic carbocycles. The summed E-state index contributed by atoms with van der Waals surface area (Å²) in [5.74, 6) is 0. The zero-order chi connectivity index (χ0) is 7.58. The third kappa shape index (κ3) is 1390. The maximum atomic E-state index is 8.74. The summed E-state index contributed by atoms with van der Waals surface area (Å²) in [6.07, 6.45) is 0. The molecule has 48 valence electrons. The Morgan fingerprint density at radius 1 is 1.10 bits per heavy atom. The molecule has 0 rings (SSSR count). The Morgan fingerprint density at radius 3 is 1.10 bits per heavy atom. The van der Waals surface area contributed by atoms with E-state index < -0.39 is 9.17 Å². The minimum absolute atomic E-state index is 0. The van der Waals surface area contributed by atoms with E-state index >= 15 is 0 Å². The zero-order valence-corrected chi connectivity index (χ0v) is 10.9. The van der Waals surface area contributed by atoms with Gasteiger partial charge >= 0.3 is 68.3 Å². The summed E-state index contributed by atoms with van der Waals surface area (Å²) in [6, 6.07) is 0. The normalized spacial score (nSPS) is 2.80. The van der Waals surface area contributed by atoms with Crippen LogP contribution in [0, 0.1) is 23.7 Å². The summed E-state index contributed by atoms with van der Waals surface area (Å²) in [5, 5.41) is 13.0. The Bertz CT molecular complexity index is 92.8. The fraction of sp³-hybridized carbons (Fsp3) is 0. The summed E-state index contributed by atoms with van der Waals surface area (Å²) in [6.45, 7) is 7.00. The second kappa shape index (κ2) is 54.8. The third-order valence-electron chi connectivity index (χ3n) is 0. The van der Waals surface area contributed by atoms with Crippen LogP contribution in [-0.2, 0) is 4.46 Å². The van der Waals surface area contributed by atoms with Crippen molar-refractivity contribution >= 4 is 9.17 Å². The number of hydrogen-bond donors (Lipinski definition) is 2. The van der Waals surface area contributed by atoms with Gasteiger partial charge in [-0.2, -0.15) is 0 Å². The van der Waals surface area contributed by atoms with Crippen LogP contribution in [0.15, 0.2) is 0 Å². The maximum Gasteiger partial charge on any atom is 1.00 e. The summed E-state index contributed by atoms with van der Waals surface area (Å²) < 4.78 is 8.74. The Balaban J connectivity index is -0.00000000575. The van der Waals surface area contributed by atoms with Gasteiger partial charge in [0.15, 0.2) is 0 Å². The van der Waals surface area contributed by atoms with Crippen LogP contribution in [0.25, 0.3) is 0 Å². The molecule has 0 aliphatic heterocycles. The summed E-state index contributed by atoms with van der Waals surface area (Å²) in [7, 11) is -3.13. The first-order valence-electron chi connectivity index (χ1n) is 1.17. The summed E-state index contributed by atoms with van der Waals surface area (Å²) in [4.78, 5) is 14.3. The monoisotopic (exact) mass is 180 g/mol. The van der Waals surface area contributed by atoms with Gasteiger partial charge in [-0.3, -0.25) is 4.46 Å². The number of nitriles is 2. The van der Waals surface area contributed by atoms with Gasteiger partial charge in [0.2, 0.25) is 0 Å². The number of rotatable bonds is 0. The summed E-state index contributed by atoms with van der Waals surface area (Å²) in [5.41, 5.74) is 0. The molecule has 0 spiro atoms. The van der Waals surface area contributed by atoms with Crippen molar-refractivity contribution in [3.63, 3.8) is 0 Å². The molecule has 0 aliphatic carbocycles. The Labute approximate surface area is 108 Å². The van der Waals surface area contributed by atoms with E-state index in [1.807, 2.05) is 0 Å². The van der Waals surface area contributed by atoms with Crippen LogP contribution in [-0.4, -0.2) is 18.8 Å². The molecule has 0 saturated heterocycles. The van der Waals surface area contributed by atoms with Crippen LogP contribution in [0.5, 0.6) is 0 Å². The van der Waals surface area contributed by atoms with E-state index in [1.165, 1.54) is 0 Å². The second-order valence-corrected chi connectivity index (χ2v) is 0.848. The molecular formula is C2H6N2Na2O3Si. The third-order valence-corrected chi connectivity index (χ3v) is 0. The van der Waals surface area contributed by atoms with E-state index in [-0.39, 0.29) is 62.0 Å². The predicted molar refractivity (Wildman–Crippen MR) is 26.4 cm³/mol. The van der Waals surface area contributed by atoms with E-state index in [0.717, 1.165) is 0 Å². The quantitative estimate of drug-likeness (QED) is 0.360. The molecule has 0 aromatic heterocycles. The molecule has 10 heavy (non-hydrogen) atoms. The van der Waals surface area contributed by atoms with E-state index in [4.69, 9.17) is 24.6 Å². The molecule has 8 heteroatoms. The Kier molecular flexibility index (Phi) is 171. The van der Waals surface area contributed by atoms with Crippen molar-refractivity contribution in [1.82, 2.24) is 0 Å². The Hall–Kier alpha value is 0.597. The molecular weight excluding hydrogens is 174 g/mol. The van der Waals surface area contributed by atoms with Gasteiger partial charge in [0.25, 0.3) is 0 Å². The van der Waals surface area contributed by atoms with Crippen LogP contribution in [0.1, 0.15) is 2.85 Å². The van der Waals surface area contributed by atoms with Crippen LogP contribution >= 0.6 is 0 Å². The molecule has 0 atom stereocenters. The number of hydrogen-bond acceptors (Lipinski definition) is 3. The fourth-order valence-corrected chi connectivity index (χ4v) is 0. The zero-order valence-electron chi connectivity index (χ0n) is 7.85. The van der Waals surface area contributed by atoms with Gasteiger partial charge in [-0.05, 0) is 0 Å². The van der Waals surface area contributed by atoms with Gasteiger partial charge in [0.1, 0.15) is 0 Å². The van der Waals surface area contributed by atoms with E-state index in [2.05, 4.69) is 13.1 Å². The topological polar surface area (TPSA) is 105 Å². The molecule has 5 nitrogen and oxygen atoms in total. The van der Waals surface area contributed by atoms with Crippen molar-refractivity contribution in [1.29, 1.82) is 10.5 Å². The van der Waals surface area contributed by atoms with Crippen LogP contribution in [0.2, 0.25) is 0 Å². The van der Waals surface area contributed by atoms with Crippen molar-refractivity contribution in [2.75, 3.05) is 0 Å². The van der Waals surface area contributed by atoms with Gasteiger partial charge in [0, 0.05) is 13.1 Å². The molecule has 2 N–H and O–H groups in total. The molecule has 0 amide bonds. The first-order valence-corrected chi connectivity index (χ1v) is 2.47. The van der Waals surface area contributed by atoms with Crippen molar-refractivity contribution in [3.8, 4) is 13.1 Å². The Morgan fingerprint density at radius 2 is 1.10 bits per heavy atom. The summed E-state index contributed by atoms with van der Waals surface area (Å²) >= 11 is 0. The first kappa shape index (κ1) is 31.2. The average Bonchev–Trinajstić information content (AvgIpc) is 1.75. The van der Waals surface area contributed by atoms with E-state index in [0.29, 0.717) is 0 Å². The smallest absolute Gasteiger partial charge is 1.00 e. The van der Waals surface area contributed by atoms with Gasteiger partial charge in [-0.25, -0.2) is 10.5 Å². The van der Waals surface area contributed by atoms with Crippen molar-refractivity contribution < 1.29 is 76.0 Å². The molecule has 0 unspecified atom stereocenters. The minimum Gasteiger partial charge on any atom is -1.00 e. The van der Waals surface area contributed by atoms with Crippen molar-refractivity contribution in [2.45, 2.75) is 0 Å². The predicted octanol–water partition coefficient (Wildman–Crippen LogP) is -7.10. The molecule has 0 aromatic rings. The molecule has 0 bridgehead atoms. The maximum absolute atomic E-state index is 8.74. The molecule has 0 saturated carbocycles. The molecule has 0 heterocycles. The molecule has 0 aliphatic rings. The van der Waals surface area contributed by atoms with Gasteiger partial charge in [-0.1, -0.05) is 0 Å². The van der Waals surface area contributed by atoms with Crippen LogP contribution in [0.3, 0.4) is 0 Å². The van der Waals surface area contributed by atoms with Crippen molar-refractivity contribution in [3.05, 3.63) is 0 Å². The van der Waals surface area contributed by atoms with Gasteiger partial charge < -0.3 is 12.4 Å². The molecule has 0 fully saturated rings. The average molecular weight is 180 g/mol. The molecule has 0 radical (unpaired) electrons. The first-order chi connectivity index (χ1) is 3.73. The largest absolute Gasteiger partial charge is 1.00 e. The fourth-order valence-electron chi connectivity index (χ4n) is 0. The number of nitrogens with zero attached hydrogens (tertiary/aromatic N) is 2. The van der Waals surface area contributed by atoms with Gasteiger partial charge in [0.05, 0.1) is 0 Å². The SMILES string of the molecule is C#N.C#N.O=[Si](O)O.[H-].[H-].[Na+].[Na+]. The standard InChI is InChI=1S/2CHN.2Na.H2O3Si.2H/c2*1-2;;;1-4(2)3;;/h2*1H;;;1-2H;;/q;;2*+1;;2*-1. The van der Waals surface area contributed by atoms with Crippen LogP contribution < -0.4 is 59.1 Å². The van der Waals surface area contributed by atoms with Crippen LogP contribution in [0.4, 0.5) is 0 Å². The minimum atomic E-state index is -3.13. The van der Waals surface area contributed by atoms with Gasteiger partial charge in [-0.15, -0.1) is 0 Å².